The van der Waals surface area contributed by atoms with Crippen LogP contribution in [-0.2, 0) is 9.59 Å². The Morgan fingerprint density at radius 3 is 2.52 bits per heavy atom. The molecule has 120 valence electrons. The summed E-state index contributed by atoms with van der Waals surface area (Å²) in [5, 5.41) is 19.8. The number of nitrogens with zero attached hydrogens (tertiary/aromatic N) is 2. The number of rotatable bonds is 6. The number of carboxylic acids is 1. The van der Waals surface area contributed by atoms with Gasteiger partial charge in [0.25, 0.3) is 17.5 Å². The molecule has 10 heteroatoms. The molecule has 2 N–H and O–H groups in total. The molecule has 0 atom stereocenters. The number of amides is 3. The number of imide groups is 1. The molecule has 0 unspecified atom stereocenters. The van der Waals surface area contributed by atoms with Crippen LogP contribution in [0.1, 0.15) is 40.0 Å². The summed E-state index contributed by atoms with van der Waals surface area (Å²) in [5.74, 6) is -3.68. The second-order valence-corrected chi connectivity index (χ2v) is 4.68. The summed E-state index contributed by atoms with van der Waals surface area (Å²) in [6, 6.07) is 3.60. The van der Waals surface area contributed by atoms with Crippen molar-refractivity contribution in [3.63, 3.8) is 0 Å². The fourth-order valence-electron chi connectivity index (χ4n) is 2.10. The largest absolute Gasteiger partial charge is 0.481 e. The molecule has 1 aliphatic rings. The number of carboxylic acid groups (broad SMARTS) is 1. The highest BCUT2D eigenvalue weighted by Gasteiger charge is 2.41. The summed E-state index contributed by atoms with van der Waals surface area (Å²) < 4.78 is 0. The molecule has 0 aromatic heterocycles. The molecule has 1 heterocycles. The molecule has 0 bridgehead atoms. The van der Waals surface area contributed by atoms with Crippen molar-refractivity contribution >= 4 is 29.4 Å². The third kappa shape index (κ3) is 3.15. The van der Waals surface area contributed by atoms with Crippen LogP contribution in [0.15, 0.2) is 18.2 Å². The maximum Gasteiger partial charge on any atom is 0.303 e. The molecule has 3 amide bonds. The molecule has 2 rings (SSSR count). The first kappa shape index (κ1) is 16.1. The van der Waals surface area contributed by atoms with Gasteiger partial charge in [0.15, 0.2) is 0 Å². The van der Waals surface area contributed by atoms with Gasteiger partial charge >= 0.3 is 5.97 Å². The zero-order valence-corrected chi connectivity index (χ0v) is 11.6. The zero-order valence-electron chi connectivity index (χ0n) is 11.6. The molecule has 1 aromatic carbocycles. The lowest BCUT2D eigenvalue weighted by Gasteiger charge is -2.14. The molecule has 0 spiro atoms. The van der Waals surface area contributed by atoms with Crippen LogP contribution < -0.4 is 5.43 Å². The lowest BCUT2D eigenvalue weighted by Crippen LogP contribution is -2.45. The normalized spacial score (nSPS) is 13.0. The highest BCUT2D eigenvalue weighted by molar-refractivity contribution is 6.23. The van der Waals surface area contributed by atoms with Crippen LogP contribution >= 0.6 is 0 Å². The van der Waals surface area contributed by atoms with E-state index in [9.17, 15) is 29.3 Å². The number of carbonyl (C=O) groups is 4. The van der Waals surface area contributed by atoms with Gasteiger partial charge in [0, 0.05) is 18.9 Å². The van der Waals surface area contributed by atoms with Crippen LogP contribution in [0.5, 0.6) is 0 Å². The molecular formula is C13H11N3O7. The number of nitro benzene ring substituents is 1. The number of hydrogen-bond donors (Lipinski definition) is 2. The molecule has 1 aliphatic heterocycles. The van der Waals surface area contributed by atoms with Crippen molar-refractivity contribution in [2.75, 3.05) is 0 Å². The van der Waals surface area contributed by atoms with Gasteiger partial charge in [-0.15, -0.1) is 0 Å². The Morgan fingerprint density at radius 2 is 1.91 bits per heavy atom. The van der Waals surface area contributed by atoms with Gasteiger partial charge in [-0.25, -0.2) is 0 Å². The van der Waals surface area contributed by atoms with Crippen molar-refractivity contribution in [1.29, 1.82) is 0 Å². The van der Waals surface area contributed by atoms with Crippen LogP contribution in [0.25, 0.3) is 0 Å². The quantitative estimate of drug-likeness (QED) is 0.440. The molecule has 0 fully saturated rings. The van der Waals surface area contributed by atoms with Gasteiger partial charge in [0.2, 0.25) is 5.91 Å². The van der Waals surface area contributed by atoms with Crippen LogP contribution in [0.2, 0.25) is 0 Å². The second kappa shape index (κ2) is 6.22. The predicted molar refractivity (Wildman–Crippen MR) is 73.2 cm³/mol. The van der Waals surface area contributed by atoms with Crippen LogP contribution in [0.4, 0.5) is 5.69 Å². The average molecular weight is 321 g/mol. The van der Waals surface area contributed by atoms with Crippen molar-refractivity contribution in [1.82, 2.24) is 10.4 Å². The van der Waals surface area contributed by atoms with E-state index in [0.717, 1.165) is 6.07 Å². The van der Waals surface area contributed by atoms with E-state index in [1.165, 1.54) is 12.1 Å². The number of aliphatic carboxylic acids is 1. The smallest absolute Gasteiger partial charge is 0.303 e. The Bertz CT molecular complexity index is 728. The summed E-state index contributed by atoms with van der Waals surface area (Å²) in [6.45, 7) is 0. The first-order valence-electron chi connectivity index (χ1n) is 6.50. The number of nitrogens with one attached hydrogen (secondary N) is 1. The van der Waals surface area contributed by atoms with Gasteiger partial charge < -0.3 is 5.11 Å². The Kier molecular flexibility index (Phi) is 4.35. The minimum absolute atomic E-state index is 0.0322. The fourth-order valence-corrected chi connectivity index (χ4v) is 2.10. The molecular weight excluding hydrogens is 310 g/mol. The van der Waals surface area contributed by atoms with Gasteiger partial charge in [-0.2, -0.15) is 5.01 Å². The highest BCUT2D eigenvalue weighted by Crippen LogP contribution is 2.29. The van der Waals surface area contributed by atoms with E-state index < -0.39 is 34.3 Å². The lowest BCUT2D eigenvalue weighted by atomic mass is 10.1. The summed E-state index contributed by atoms with van der Waals surface area (Å²) in [4.78, 5) is 56.4. The summed E-state index contributed by atoms with van der Waals surface area (Å²) in [6.07, 6.45) is -0.409. The van der Waals surface area contributed by atoms with E-state index in [-0.39, 0.29) is 30.4 Å². The van der Waals surface area contributed by atoms with Crippen LogP contribution in [0, 0.1) is 10.1 Å². The number of nitro groups is 1. The SMILES string of the molecule is O=C(O)CCCC(=O)NN1C(=O)c2cccc([N+](=O)[O-])c2C1=O. The average Bonchev–Trinajstić information content (AvgIpc) is 2.72. The van der Waals surface area contributed by atoms with Gasteiger partial charge in [-0.1, -0.05) is 6.07 Å². The highest BCUT2D eigenvalue weighted by atomic mass is 16.6. The monoisotopic (exact) mass is 321 g/mol. The minimum Gasteiger partial charge on any atom is -0.481 e. The number of carbonyl (C=O) groups excluding carboxylic acids is 3. The summed E-state index contributed by atoms with van der Waals surface area (Å²) in [7, 11) is 0. The van der Waals surface area contributed by atoms with Crippen molar-refractivity contribution < 1.29 is 29.2 Å². The molecule has 0 radical (unpaired) electrons. The van der Waals surface area contributed by atoms with Crippen molar-refractivity contribution in [2.24, 2.45) is 0 Å². The number of hydrogen-bond acceptors (Lipinski definition) is 6. The number of hydrazine groups is 1. The Hall–Kier alpha value is -3.30. The predicted octanol–water partition coefficient (Wildman–Crippen LogP) is 0.477. The Balaban J connectivity index is 2.15. The second-order valence-electron chi connectivity index (χ2n) is 4.68. The van der Waals surface area contributed by atoms with Crippen LogP contribution in [0.3, 0.4) is 0 Å². The number of fused-ring (bicyclic) bond motifs is 1. The lowest BCUT2D eigenvalue weighted by molar-refractivity contribution is -0.385. The number of benzene rings is 1. The summed E-state index contributed by atoms with van der Waals surface area (Å²) in [5.41, 5.74) is 0.968. The van der Waals surface area contributed by atoms with Gasteiger partial charge in [0.1, 0.15) is 5.56 Å². The van der Waals surface area contributed by atoms with Crippen molar-refractivity contribution in [3.8, 4) is 0 Å². The van der Waals surface area contributed by atoms with E-state index in [0.29, 0.717) is 5.01 Å². The summed E-state index contributed by atoms with van der Waals surface area (Å²) >= 11 is 0. The molecule has 10 nitrogen and oxygen atoms in total. The maximum absolute atomic E-state index is 12.1. The van der Waals surface area contributed by atoms with E-state index in [1.807, 2.05) is 5.43 Å². The molecule has 0 saturated carbocycles. The first-order chi connectivity index (χ1) is 10.8. The third-order valence-corrected chi connectivity index (χ3v) is 3.12. The van der Waals surface area contributed by atoms with E-state index in [4.69, 9.17) is 5.11 Å². The first-order valence-corrected chi connectivity index (χ1v) is 6.50. The Morgan fingerprint density at radius 1 is 1.22 bits per heavy atom. The fraction of sp³-hybridized carbons (Fsp3) is 0.231. The standard InChI is InChI=1S/C13H11N3O7/c17-9(5-2-6-10(18)19)14-15-12(20)7-3-1-4-8(16(22)23)11(7)13(15)21/h1,3-4H,2,5-6H2,(H,14,17)(H,18,19). The van der Waals surface area contributed by atoms with E-state index in [1.54, 1.807) is 0 Å². The van der Waals surface area contributed by atoms with Gasteiger partial charge in [-0.3, -0.25) is 34.7 Å². The molecule has 0 aliphatic carbocycles. The molecule has 23 heavy (non-hydrogen) atoms. The molecule has 1 aromatic rings. The van der Waals surface area contributed by atoms with Crippen molar-refractivity contribution in [3.05, 3.63) is 39.4 Å². The maximum atomic E-state index is 12.1. The molecule has 0 saturated heterocycles. The van der Waals surface area contributed by atoms with Gasteiger partial charge in [0.05, 0.1) is 10.5 Å². The zero-order chi connectivity index (χ0) is 17.1. The van der Waals surface area contributed by atoms with Crippen LogP contribution in [-0.4, -0.2) is 38.7 Å². The van der Waals surface area contributed by atoms with Crippen molar-refractivity contribution in [2.45, 2.75) is 19.3 Å². The van der Waals surface area contributed by atoms with E-state index in [2.05, 4.69) is 0 Å². The van der Waals surface area contributed by atoms with E-state index >= 15 is 0 Å². The topological polar surface area (TPSA) is 147 Å². The minimum atomic E-state index is -1.07. The third-order valence-electron chi connectivity index (χ3n) is 3.12. The van der Waals surface area contributed by atoms with Gasteiger partial charge in [-0.05, 0) is 12.5 Å². The Labute approximate surface area is 128 Å².